The molecule has 1 aromatic rings. The highest BCUT2D eigenvalue weighted by Gasteiger charge is 2.72. The van der Waals surface area contributed by atoms with Crippen LogP contribution < -0.4 is 5.73 Å². The van der Waals surface area contributed by atoms with E-state index in [2.05, 4.69) is 0 Å². The lowest BCUT2D eigenvalue weighted by molar-refractivity contribution is -0.195. The monoisotopic (exact) mass is 596 g/mol. The summed E-state index contributed by atoms with van der Waals surface area (Å²) in [7, 11) is 2.94. The average molecular weight is 597 g/mol. The lowest BCUT2D eigenvalue weighted by Gasteiger charge is -2.54. The number of ketones is 4. The Labute approximate surface area is 252 Å². The average Bonchev–Trinajstić information content (AvgIpc) is 2.93. The van der Waals surface area contributed by atoms with Gasteiger partial charge >= 0.3 is 0 Å². The predicted molar refractivity (Wildman–Crippen MR) is 156 cm³/mol. The van der Waals surface area contributed by atoms with Gasteiger partial charge in [0.05, 0.1) is 29.5 Å². The van der Waals surface area contributed by atoms with Gasteiger partial charge in [0.2, 0.25) is 5.91 Å². The number of benzene rings is 1. The maximum Gasteiger partial charge on any atom is 0.235 e. The normalized spacial score (nSPS) is 33.3. The van der Waals surface area contributed by atoms with E-state index in [0.717, 1.165) is 25.2 Å². The number of rotatable bonds is 7. The minimum absolute atomic E-state index is 0.0168. The molecule has 4 aliphatic rings. The number of carbonyl (C=O) groups excluding carboxylic acids is 5. The van der Waals surface area contributed by atoms with Crippen LogP contribution in [0, 0.1) is 29.6 Å². The molecule has 0 heterocycles. The van der Waals surface area contributed by atoms with Crippen LogP contribution in [-0.4, -0.2) is 81.1 Å². The molecule has 234 valence electrons. The zero-order valence-corrected chi connectivity index (χ0v) is 25.5. The summed E-state index contributed by atoms with van der Waals surface area (Å²) in [6, 6.07) is 2.16. The fourth-order valence-corrected chi connectivity index (χ4v) is 8.58. The summed E-state index contributed by atoms with van der Waals surface area (Å²) in [4.78, 5) is 68.3. The molecule has 0 saturated heterocycles. The molecule has 10 heteroatoms. The number of nitrogens with two attached hydrogens (primary N) is 1. The van der Waals surface area contributed by atoms with Crippen LogP contribution in [0.2, 0.25) is 0 Å². The molecule has 5 rings (SSSR count). The molecule has 0 aliphatic heterocycles. The Bertz CT molecular complexity index is 1360. The van der Waals surface area contributed by atoms with E-state index in [1.807, 2.05) is 13.8 Å². The number of aliphatic hydroxyl groups excluding tert-OH is 1. The van der Waals surface area contributed by atoms with E-state index in [1.165, 1.54) is 51.1 Å². The van der Waals surface area contributed by atoms with Gasteiger partial charge in [0.15, 0.2) is 34.7 Å². The van der Waals surface area contributed by atoms with Crippen LogP contribution in [0.5, 0.6) is 5.75 Å². The van der Waals surface area contributed by atoms with Gasteiger partial charge in [-0.3, -0.25) is 28.9 Å². The largest absolute Gasteiger partial charge is 0.507 e. The number of likely N-dealkylation sites (N-methyl/N-ethyl adjacent to an activating group) is 1. The molecule has 2 unspecified atom stereocenters. The van der Waals surface area contributed by atoms with Gasteiger partial charge in [-0.15, -0.1) is 0 Å². The van der Waals surface area contributed by atoms with E-state index in [-0.39, 0.29) is 17.7 Å². The highest BCUT2D eigenvalue weighted by atomic mass is 16.3. The number of nitrogens with zero attached hydrogens (tertiary/aromatic N) is 1. The topological polar surface area (TPSA) is 175 Å². The van der Waals surface area contributed by atoms with Crippen LogP contribution >= 0.6 is 0 Å². The van der Waals surface area contributed by atoms with Gasteiger partial charge in [0.1, 0.15) is 5.75 Å². The lowest BCUT2D eigenvalue weighted by atomic mass is 9.51. The van der Waals surface area contributed by atoms with Crippen LogP contribution in [0.3, 0.4) is 0 Å². The standard InChI is InChI=1S/C33H44N2O8/c1-32(2,14-8-11-16-9-6-5-7-10-16)19-13-12-17-15-18-21(27(38)20(17)26(19)37)29(40)33(43)23(25(18)36)24(35(3)4)28(39)22(30(33)41)31(34)42/h12-13,16,18,21-25,36-37,43H,5-11,14-15H2,1-4H3,(H2,34,42)/t18-,21?,22?,23-,24+,25+,33+/m0/s1. The first-order chi connectivity index (χ1) is 20.1. The lowest BCUT2D eigenvalue weighted by Crippen LogP contribution is -2.77. The molecular formula is C33H44N2O8. The Morgan fingerprint density at radius 3 is 2.33 bits per heavy atom. The summed E-state index contributed by atoms with van der Waals surface area (Å²) in [6.07, 6.45) is 7.62. The van der Waals surface area contributed by atoms with Crippen LogP contribution in [0.4, 0.5) is 0 Å². The number of Topliss-reactive ketones (excluding diaryl/α,β-unsaturated/α-hetero) is 4. The number of phenols is 1. The van der Waals surface area contributed by atoms with E-state index >= 15 is 0 Å². The van der Waals surface area contributed by atoms with E-state index < -0.39 is 75.9 Å². The molecule has 0 bridgehead atoms. The second kappa shape index (κ2) is 11.2. The zero-order valence-electron chi connectivity index (χ0n) is 25.5. The number of amides is 1. The number of hydrogen-bond donors (Lipinski definition) is 4. The molecular weight excluding hydrogens is 552 g/mol. The fourth-order valence-electron chi connectivity index (χ4n) is 8.58. The van der Waals surface area contributed by atoms with Crippen LogP contribution in [0.25, 0.3) is 0 Å². The third-order valence-corrected chi connectivity index (χ3v) is 10.9. The molecule has 43 heavy (non-hydrogen) atoms. The van der Waals surface area contributed by atoms with Crippen LogP contribution in [0.15, 0.2) is 12.1 Å². The van der Waals surface area contributed by atoms with Crippen molar-refractivity contribution in [3.8, 4) is 5.75 Å². The molecule has 3 fully saturated rings. The predicted octanol–water partition coefficient (Wildman–Crippen LogP) is 1.87. The number of fused-ring (bicyclic) bond motifs is 3. The second-order valence-electron chi connectivity index (χ2n) is 14.1. The quantitative estimate of drug-likeness (QED) is 0.342. The third kappa shape index (κ3) is 4.86. The summed E-state index contributed by atoms with van der Waals surface area (Å²) in [5.41, 5.74) is 2.88. The smallest absolute Gasteiger partial charge is 0.235 e. The molecule has 4 aliphatic carbocycles. The van der Waals surface area contributed by atoms with E-state index in [0.29, 0.717) is 11.1 Å². The highest BCUT2D eigenvalue weighted by Crippen LogP contribution is 2.52. The van der Waals surface area contributed by atoms with Crippen molar-refractivity contribution in [3.63, 3.8) is 0 Å². The van der Waals surface area contributed by atoms with Gasteiger partial charge in [-0.25, -0.2) is 0 Å². The maximum atomic E-state index is 14.1. The summed E-state index contributed by atoms with van der Waals surface area (Å²) >= 11 is 0. The Hall–Kier alpha value is -2.95. The van der Waals surface area contributed by atoms with Gasteiger partial charge in [-0.1, -0.05) is 70.9 Å². The van der Waals surface area contributed by atoms with E-state index in [4.69, 9.17) is 5.73 Å². The minimum Gasteiger partial charge on any atom is -0.507 e. The number of phenolic OH excluding ortho intramolecular Hbond substituents is 1. The molecule has 0 aromatic heterocycles. The third-order valence-electron chi connectivity index (χ3n) is 10.9. The van der Waals surface area contributed by atoms with Crippen molar-refractivity contribution in [1.82, 2.24) is 4.90 Å². The summed E-state index contributed by atoms with van der Waals surface area (Å²) < 4.78 is 0. The molecule has 3 saturated carbocycles. The van der Waals surface area contributed by atoms with Gasteiger partial charge < -0.3 is 21.1 Å². The molecule has 1 amide bonds. The summed E-state index contributed by atoms with van der Waals surface area (Å²) in [5.74, 6) is -11.5. The van der Waals surface area contributed by atoms with Crippen molar-refractivity contribution in [2.45, 2.75) is 94.8 Å². The number of primary amides is 1. The summed E-state index contributed by atoms with van der Waals surface area (Å²) in [5, 5.41) is 34.9. The zero-order chi connectivity index (χ0) is 31.6. The second-order valence-corrected chi connectivity index (χ2v) is 14.1. The molecule has 0 spiro atoms. The van der Waals surface area contributed by atoms with Crippen molar-refractivity contribution in [2.24, 2.45) is 35.3 Å². The van der Waals surface area contributed by atoms with Gasteiger partial charge in [0, 0.05) is 11.5 Å². The number of hydrogen-bond acceptors (Lipinski definition) is 9. The SMILES string of the molecule is CN(C)[C@H]1C(=O)C(C(N)=O)C(=O)[C@]2(O)C(=O)C3C(=O)c4c(ccc(C(C)(C)CCCC5CCCCC5)c4O)C[C@@H]3[C@@H](O)[C@H]12. The Morgan fingerprint density at radius 2 is 1.72 bits per heavy atom. The van der Waals surface area contributed by atoms with Crippen LogP contribution in [-0.2, 0) is 31.0 Å². The first kappa shape index (κ1) is 31.5. The van der Waals surface area contributed by atoms with Crippen LogP contribution in [0.1, 0.15) is 86.7 Å². The van der Waals surface area contributed by atoms with Crippen molar-refractivity contribution in [2.75, 3.05) is 14.1 Å². The Kier molecular flexibility index (Phi) is 8.20. The van der Waals surface area contributed by atoms with Crippen molar-refractivity contribution >= 4 is 29.0 Å². The van der Waals surface area contributed by atoms with Gasteiger partial charge in [0.25, 0.3) is 0 Å². The highest BCUT2D eigenvalue weighted by molar-refractivity contribution is 6.32. The first-order valence-electron chi connectivity index (χ1n) is 15.5. The van der Waals surface area contributed by atoms with Crippen molar-refractivity contribution < 1.29 is 39.3 Å². The van der Waals surface area contributed by atoms with Gasteiger partial charge in [-0.05, 0) is 43.8 Å². The summed E-state index contributed by atoms with van der Waals surface area (Å²) in [6.45, 7) is 4.02. The minimum atomic E-state index is -2.98. The van der Waals surface area contributed by atoms with E-state index in [1.54, 1.807) is 12.1 Å². The first-order valence-corrected chi connectivity index (χ1v) is 15.5. The number of carbonyl (C=O) groups is 5. The molecule has 10 nitrogen and oxygen atoms in total. The maximum absolute atomic E-state index is 14.1. The van der Waals surface area contributed by atoms with Crippen molar-refractivity contribution in [3.05, 3.63) is 28.8 Å². The van der Waals surface area contributed by atoms with E-state index in [9.17, 15) is 39.3 Å². The molecule has 5 N–H and O–H groups in total. The fraction of sp³-hybridized carbons (Fsp3) is 0.667. The number of aromatic hydroxyl groups is 1. The van der Waals surface area contributed by atoms with Crippen molar-refractivity contribution in [1.29, 1.82) is 0 Å². The Balaban J connectivity index is 1.49. The molecule has 0 radical (unpaired) electrons. The molecule has 1 aromatic carbocycles. The number of aliphatic hydroxyl groups is 2. The Morgan fingerprint density at radius 1 is 1.07 bits per heavy atom. The molecule has 7 atom stereocenters. The van der Waals surface area contributed by atoms with Gasteiger partial charge in [-0.2, -0.15) is 0 Å².